The molecule has 0 bridgehead atoms. The first-order valence-corrected chi connectivity index (χ1v) is 8.03. The molecule has 0 aromatic carbocycles. The Morgan fingerprint density at radius 2 is 2.07 bits per heavy atom. The molecule has 0 spiro atoms. The zero-order chi connectivity index (χ0) is 19.6. The van der Waals surface area contributed by atoms with Crippen molar-refractivity contribution < 1.29 is 27.9 Å². The summed E-state index contributed by atoms with van der Waals surface area (Å²) in [7, 11) is 0. The minimum Gasteiger partial charge on any atom is -0.481 e. The molecule has 144 valence electrons. The SMILES string of the molecule is O=C(O)[C@@H]1CN(C(=O)NCc2ccnc(-n3cccn3)c2)C[C@H]1C(F)(F)F. The van der Waals surface area contributed by atoms with Crippen LogP contribution in [0.3, 0.4) is 0 Å². The summed E-state index contributed by atoms with van der Waals surface area (Å²) in [6.07, 6.45) is 0.119. The van der Waals surface area contributed by atoms with E-state index in [1.807, 2.05) is 0 Å². The summed E-state index contributed by atoms with van der Waals surface area (Å²) < 4.78 is 40.5. The number of carbonyl (C=O) groups excluding carboxylic acids is 1. The van der Waals surface area contributed by atoms with Gasteiger partial charge in [-0.25, -0.2) is 14.5 Å². The number of hydrogen-bond donors (Lipinski definition) is 2. The van der Waals surface area contributed by atoms with Crippen LogP contribution in [0, 0.1) is 11.8 Å². The van der Waals surface area contributed by atoms with Crippen LogP contribution >= 0.6 is 0 Å². The molecule has 2 aromatic rings. The molecule has 8 nitrogen and oxygen atoms in total. The van der Waals surface area contributed by atoms with Crippen LogP contribution in [-0.2, 0) is 11.3 Å². The zero-order valence-electron chi connectivity index (χ0n) is 13.9. The molecule has 2 atom stereocenters. The number of halogens is 3. The number of urea groups is 1. The highest BCUT2D eigenvalue weighted by Crippen LogP contribution is 2.37. The van der Waals surface area contributed by atoms with E-state index in [1.54, 1.807) is 30.6 Å². The monoisotopic (exact) mass is 383 g/mol. The van der Waals surface area contributed by atoms with E-state index in [2.05, 4.69) is 15.4 Å². The van der Waals surface area contributed by atoms with Crippen molar-refractivity contribution >= 4 is 12.0 Å². The van der Waals surface area contributed by atoms with Crippen molar-refractivity contribution in [1.82, 2.24) is 25.0 Å². The number of carbonyl (C=O) groups is 2. The second-order valence-electron chi connectivity index (χ2n) is 6.13. The molecule has 3 heterocycles. The van der Waals surface area contributed by atoms with Gasteiger partial charge in [-0.15, -0.1) is 0 Å². The van der Waals surface area contributed by atoms with Gasteiger partial charge in [0.25, 0.3) is 0 Å². The van der Waals surface area contributed by atoms with E-state index < -0.39 is 43.1 Å². The van der Waals surface area contributed by atoms with Gasteiger partial charge in [-0.3, -0.25) is 4.79 Å². The Bertz CT molecular complexity index is 825. The number of likely N-dealkylation sites (tertiary alicyclic amines) is 1. The normalized spacial score (nSPS) is 19.9. The summed E-state index contributed by atoms with van der Waals surface area (Å²) in [5, 5.41) is 15.6. The highest BCUT2D eigenvalue weighted by Gasteiger charge is 2.53. The third-order valence-corrected chi connectivity index (χ3v) is 4.34. The molecule has 2 N–H and O–H groups in total. The van der Waals surface area contributed by atoms with Gasteiger partial charge in [0.1, 0.15) is 0 Å². The van der Waals surface area contributed by atoms with Crippen LogP contribution in [0.4, 0.5) is 18.0 Å². The molecule has 1 aliphatic heterocycles. The third kappa shape index (κ3) is 4.18. The lowest BCUT2D eigenvalue weighted by Crippen LogP contribution is -2.39. The van der Waals surface area contributed by atoms with Crippen LogP contribution in [0.1, 0.15) is 5.56 Å². The largest absolute Gasteiger partial charge is 0.481 e. The Morgan fingerprint density at radius 3 is 2.67 bits per heavy atom. The average molecular weight is 383 g/mol. The quantitative estimate of drug-likeness (QED) is 0.837. The van der Waals surface area contributed by atoms with Crippen molar-refractivity contribution in [3.05, 3.63) is 42.4 Å². The van der Waals surface area contributed by atoms with Crippen molar-refractivity contribution in [3.8, 4) is 5.82 Å². The lowest BCUT2D eigenvalue weighted by atomic mass is 9.96. The predicted molar refractivity (Wildman–Crippen MR) is 85.8 cm³/mol. The van der Waals surface area contributed by atoms with Crippen LogP contribution < -0.4 is 5.32 Å². The Morgan fingerprint density at radius 1 is 1.30 bits per heavy atom. The van der Waals surface area contributed by atoms with Crippen molar-refractivity contribution in [3.63, 3.8) is 0 Å². The number of hydrogen-bond acceptors (Lipinski definition) is 4. The van der Waals surface area contributed by atoms with Gasteiger partial charge in [0, 0.05) is 38.2 Å². The van der Waals surface area contributed by atoms with Crippen LogP contribution in [0.15, 0.2) is 36.8 Å². The maximum atomic E-state index is 13.0. The van der Waals surface area contributed by atoms with E-state index in [0.717, 1.165) is 4.90 Å². The molecule has 0 radical (unpaired) electrons. The van der Waals surface area contributed by atoms with Gasteiger partial charge >= 0.3 is 18.2 Å². The van der Waals surface area contributed by atoms with Gasteiger partial charge in [0.15, 0.2) is 5.82 Å². The van der Waals surface area contributed by atoms with Crippen LogP contribution in [0.2, 0.25) is 0 Å². The number of carboxylic acids is 1. The van der Waals surface area contributed by atoms with Crippen LogP contribution in [-0.4, -0.2) is 56.0 Å². The summed E-state index contributed by atoms with van der Waals surface area (Å²) in [6.45, 7) is -1.11. The van der Waals surface area contributed by atoms with Crippen LogP contribution in [0.5, 0.6) is 0 Å². The van der Waals surface area contributed by atoms with Crippen molar-refractivity contribution in [2.75, 3.05) is 13.1 Å². The minimum absolute atomic E-state index is 0.0561. The molecular formula is C16H16F3N5O3. The van der Waals surface area contributed by atoms with Gasteiger partial charge in [-0.1, -0.05) is 0 Å². The molecule has 2 amide bonds. The fraction of sp³-hybridized carbons (Fsp3) is 0.375. The van der Waals surface area contributed by atoms with E-state index in [-0.39, 0.29) is 6.54 Å². The molecule has 1 saturated heterocycles. The van der Waals surface area contributed by atoms with E-state index in [0.29, 0.717) is 11.4 Å². The lowest BCUT2D eigenvalue weighted by Gasteiger charge is -2.18. The lowest BCUT2D eigenvalue weighted by molar-refractivity contribution is -0.187. The average Bonchev–Trinajstić information content (AvgIpc) is 3.29. The molecule has 11 heteroatoms. The van der Waals surface area contributed by atoms with Gasteiger partial charge < -0.3 is 15.3 Å². The Labute approximate surface area is 151 Å². The Balaban J connectivity index is 1.63. The summed E-state index contributed by atoms with van der Waals surface area (Å²) in [6, 6.07) is 4.30. The molecule has 1 aliphatic rings. The highest BCUT2D eigenvalue weighted by atomic mass is 19.4. The third-order valence-electron chi connectivity index (χ3n) is 4.34. The molecule has 1 fully saturated rings. The second-order valence-corrected chi connectivity index (χ2v) is 6.13. The van der Waals surface area contributed by atoms with Crippen LogP contribution in [0.25, 0.3) is 5.82 Å². The number of alkyl halides is 3. The van der Waals surface area contributed by atoms with E-state index in [9.17, 15) is 22.8 Å². The smallest absolute Gasteiger partial charge is 0.394 e. The fourth-order valence-electron chi connectivity index (χ4n) is 2.94. The van der Waals surface area contributed by atoms with Gasteiger partial charge in [-0.05, 0) is 23.8 Å². The number of aliphatic carboxylic acids is 1. The zero-order valence-corrected chi connectivity index (χ0v) is 13.9. The van der Waals surface area contributed by atoms with Gasteiger partial charge in [0.05, 0.1) is 11.8 Å². The molecule has 0 aliphatic carbocycles. The molecule has 3 rings (SSSR count). The van der Waals surface area contributed by atoms with Crippen molar-refractivity contribution in [2.45, 2.75) is 12.7 Å². The first-order valence-electron chi connectivity index (χ1n) is 8.03. The predicted octanol–water partition coefficient (Wildman–Crippen LogP) is 1.67. The number of pyridine rings is 1. The fourth-order valence-corrected chi connectivity index (χ4v) is 2.94. The Hall–Kier alpha value is -3.11. The topological polar surface area (TPSA) is 100 Å². The standard InChI is InChI=1S/C16H16F3N5O3/c17-16(18,19)12-9-23(8-11(12)14(25)26)15(27)21-7-10-2-4-20-13(6-10)24-5-1-3-22-24/h1-6,11-12H,7-9H2,(H,21,27)(H,25,26)/t11-,12-/m1/s1. The second kappa shape index (κ2) is 7.25. The van der Waals surface area contributed by atoms with E-state index in [1.165, 1.54) is 10.9 Å². The summed E-state index contributed by atoms with van der Waals surface area (Å²) in [5.41, 5.74) is 0.671. The molecule has 2 aromatic heterocycles. The summed E-state index contributed by atoms with van der Waals surface area (Å²) in [4.78, 5) is 28.3. The van der Waals surface area contributed by atoms with E-state index >= 15 is 0 Å². The first kappa shape index (κ1) is 18.7. The number of nitrogens with one attached hydrogen (secondary N) is 1. The van der Waals surface area contributed by atoms with Crippen molar-refractivity contribution in [1.29, 1.82) is 0 Å². The number of rotatable bonds is 4. The first-order chi connectivity index (χ1) is 12.8. The highest BCUT2D eigenvalue weighted by molar-refractivity contribution is 5.77. The minimum atomic E-state index is -4.68. The maximum Gasteiger partial charge on any atom is 0.394 e. The number of carboxylic acid groups (broad SMARTS) is 1. The van der Waals surface area contributed by atoms with Gasteiger partial charge in [-0.2, -0.15) is 18.3 Å². The van der Waals surface area contributed by atoms with Gasteiger partial charge in [0.2, 0.25) is 0 Å². The summed E-state index contributed by atoms with van der Waals surface area (Å²) in [5.74, 6) is -4.78. The molecule has 27 heavy (non-hydrogen) atoms. The molecule has 0 unspecified atom stereocenters. The van der Waals surface area contributed by atoms with Crippen molar-refractivity contribution in [2.24, 2.45) is 11.8 Å². The molecule has 0 saturated carbocycles. The number of amides is 2. The number of aromatic nitrogens is 3. The molecular weight excluding hydrogens is 367 g/mol. The number of nitrogens with zero attached hydrogens (tertiary/aromatic N) is 4. The van der Waals surface area contributed by atoms with E-state index in [4.69, 9.17) is 5.11 Å². The Kier molecular flexibility index (Phi) is 5.02. The maximum absolute atomic E-state index is 13.0. The summed E-state index contributed by atoms with van der Waals surface area (Å²) >= 11 is 0.